The van der Waals surface area contributed by atoms with Crippen LogP contribution in [0.3, 0.4) is 0 Å². The molecule has 0 aliphatic heterocycles. The Morgan fingerprint density at radius 2 is 1.97 bits per heavy atom. The number of amides is 1. The van der Waals surface area contributed by atoms with Gasteiger partial charge in [0.1, 0.15) is 5.75 Å². The number of hydrogen-bond donors (Lipinski definition) is 4. The fraction of sp³-hybridized carbons (Fsp3) is 0.409. The Morgan fingerprint density at radius 3 is 2.60 bits per heavy atom. The van der Waals surface area contributed by atoms with E-state index in [-0.39, 0.29) is 23.9 Å². The number of likely N-dealkylation sites (N-methyl/N-ethyl adjacent to an activating group) is 1. The minimum Gasteiger partial charge on any atom is -0.497 e. The fourth-order valence-electron chi connectivity index (χ4n) is 2.99. The summed E-state index contributed by atoms with van der Waals surface area (Å²) in [4.78, 5) is 20.7. The van der Waals surface area contributed by atoms with E-state index in [0.717, 1.165) is 29.8 Å². The molecule has 1 atom stereocenters. The molecule has 0 saturated heterocycles. The number of ether oxygens (including phenoxy) is 1. The van der Waals surface area contributed by atoms with Crippen LogP contribution in [0.2, 0.25) is 0 Å². The lowest BCUT2D eigenvalue weighted by atomic mass is 9.80. The van der Waals surface area contributed by atoms with Crippen molar-refractivity contribution < 1.29 is 9.53 Å². The molecule has 0 unspecified atom stereocenters. The second kappa shape index (κ2) is 9.94. The summed E-state index contributed by atoms with van der Waals surface area (Å²) in [5.74, 6) is 8.70. The van der Waals surface area contributed by atoms with Crippen molar-refractivity contribution in [2.75, 3.05) is 31.8 Å². The molecule has 158 valence electrons. The lowest BCUT2D eigenvalue weighted by Crippen LogP contribution is -2.49. The Bertz CT molecular complexity index is 929. The summed E-state index contributed by atoms with van der Waals surface area (Å²) >= 11 is 0. The molecule has 1 aromatic heterocycles. The molecular weight excluding hydrogens is 380 g/mol. The Hall–Kier alpha value is -3.31. The van der Waals surface area contributed by atoms with E-state index < -0.39 is 0 Å². The second-order valence-corrected chi connectivity index (χ2v) is 7.21. The fourth-order valence-corrected chi connectivity index (χ4v) is 2.99. The molecule has 30 heavy (non-hydrogen) atoms. The van der Waals surface area contributed by atoms with Crippen molar-refractivity contribution in [1.29, 1.82) is 0 Å². The van der Waals surface area contributed by atoms with Crippen LogP contribution < -0.4 is 26.0 Å². The molecule has 8 nitrogen and oxygen atoms in total. The van der Waals surface area contributed by atoms with E-state index in [1.165, 1.54) is 0 Å². The maximum absolute atomic E-state index is 11.9. The van der Waals surface area contributed by atoms with E-state index >= 15 is 0 Å². The van der Waals surface area contributed by atoms with E-state index in [4.69, 9.17) is 4.74 Å². The molecule has 1 amide bonds. The van der Waals surface area contributed by atoms with Crippen molar-refractivity contribution in [3.05, 3.63) is 36.0 Å². The summed E-state index contributed by atoms with van der Waals surface area (Å²) in [5.41, 5.74) is 1.60. The van der Waals surface area contributed by atoms with Gasteiger partial charge in [0.25, 0.3) is 0 Å². The van der Waals surface area contributed by atoms with Crippen molar-refractivity contribution in [3.63, 3.8) is 0 Å². The van der Waals surface area contributed by atoms with Crippen molar-refractivity contribution in [2.24, 2.45) is 5.92 Å². The Kier molecular flexibility index (Phi) is 7.09. The smallest absolute Gasteiger partial charge is 0.237 e. The van der Waals surface area contributed by atoms with Crippen molar-refractivity contribution in [1.82, 2.24) is 20.6 Å². The third-order valence-corrected chi connectivity index (χ3v) is 5.09. The third-order valence-electron chi connectivity index (χ3n) is 5.09. The van der Waals surface area contributed by atoms with Gasteiger partial charge in [0.05, 0.1) is 24.9 Å². The number of methoxy groups -OCH3 is 1. The minimum absolute atomic E-state index is 0.0240. The molecule has 1 aliphatic carbocycles. The van der Waals surface area contributed by atoms with Crippen LogP contribution in [0, 0.1) is 17.8 Å². The summed E-state index contributed by atoms with van der Waals surface area (Å²) in [5, 5.41) is 12.2. The molecule has 1 saturated carbocycles. The second-order valence-electron chi connectivity index (χ2n) is 7.21. The van der Waals surface area contributed by atoms with E-state index in [2.05, 4.69) is 43.1 Å². The van der Waals surface area contributed by atoms with Gasteiger partial charge < -0.3 is 26.0 Å². The number of carbonyl (C=O) groups is 1. The van der Waals surface area contributed by atoms with Gasteiger partial charge in [-0.05, 0) is 51.1 Å². The molecule has 0 bridgehead atoms. The van der Waals surface area contributed by atoms with E-state index in [0.29, 0.717) is 11.8 Å². The maximum atomic E-state index is 11.9. The molecule has 0 spiro atoms. The molecular formula is C22H28N6O2. The third kappa shape index (κ3) is 5.39. The van der Waals surface area contributed by atoms with Crippen LogP contribution in [-0.2, 0) is 4.79 Å². The van der Waals surface area contributed by atoms with Crippen LogP contribution >= 0.6 is 0 Å². The highest BCUT2D eigenvalue weighted by atomic mass is 16.5. The van der Waals surface area contributed by atoms with Gasteiger partial charge in [0, 0.05) is 24.7 Å². The number of anilines is 3. The molecule has 1 fully saturated rings. The van der Waals surface area contributed by atoms with Crippen LogP contribution in [-0.4, -0.2) is 49.2 Å². The van der Waals surface area contributed by atoms with Gasteiger partial charge in [0.2, 0.25) is 11.9 Å². The largest absolute Gasteiger partial charge is 0.497 e. The van der Waals surface area contributed by atoms with E-state index in [9.17, 15) is 4.79 Å². The first kappa shape index (κ1) is 21.4. The number of nitrogens with one attached hydrogen (secondary N) is 4. The van der Waals surface area contributed by atoms with Gasteiger partial charge in [-0.25, -0.2) is 4.98 Å². The summed E-state index contributed by atoms with van der Waals surface area (Å²) in [6.07, 6.45) is 3.42. The minimum atomic E-state index is -0.190. The Morgan fingerprint density at radius 1 is 1.23 bits per heavy atom. The zero-order valence-electron chi connectivity index (χ0n) is 17.7. The van der Waals surface area contributed by atoms with Crippen molar-refractivity contribution >= 4 is 23.4 Å². The van der Waals surface area contributed by atoms with Gasteiger partial charge in [-0.3, -0.25) is 4.79 Å². The van der Waals surface area contributed by atoms with E-state index in [1.807, 2.05) is 31.2 Å². The Labute approximate surface area is 177 Å². The van der Waals surface area contributed by atoms with Gasteiger partial charge in [-0.1, -0.05) is 11.8 Å². The summed E-state index contributed by atoms with van der Waals surface area (Å²) < 4.78 is 5.20. The first-order chi connectivity index (χ1) is 14.5. The number of aromatic nitrogens is 2. The van der Waals surface area contributed by atoms with Gasteiger partial charge in [0.15, 0.2) is 5.82 Å². The quantitative estimate of drug-likeness (QED) is 0.521. The van der Waals surface area contributed by atoms with Crippen LogP contribution in [0.4, 0.5) is 17.5 Å². The molecule has 2 aromatic rings. The number of carbonyl (C=O) groups excluding carboxylic acids is 1. The molecule has 0 radical (unpaired) electrons. The number of hydrogen-bond acceptors (Lipinski definition) is 7. The lowest BCUT2D eigenvalue weighted by molar-refractivity contribution is -0.124. The average Bonchev–Trinajstić information content (AvgIpc) is 2.75. The highest BCUT2D eigenvalue weighted by Crippen LogP contribution is 2.27. The van der Waals surface area contributed by atoms with Crippen LogP contribution in [0.25, 0.3) is 0 Å². The molecule has 1 heterocycles. The Balaban J connectivity index is 1.66. The topological polar surface area (TPSA) is 100 Å². The normalized spacial score (nSPS) is 18.3. The summed E-state index contributed by atoms with van der Waals surface area (Å²) in [6, 6.07) is 7.60. The molecule has 1 aliphatic rings. The van der Waals surface area contributed by atoms with Gasteiger partial charge in [-0.2, -0.15) is 4.98 Å². The standard InChI is InChI=1S/C22H28N6O2/c1-14(23-2)21(29)27-18-11-15(12-18)5-6-16-13-25-22(24-3)28-20(16)26-17-7-9-19(30-4)10-8-17/h7-10,13-15,18,23H,11-12H2,1-4H3,(H,27,29)(H2,24,25,26,28)/t14-,15?,18?/m0/s1. The predicted molar refractivity (Wildman–Crippen MR) is 118 cm³/mol. The summed E-state index contributed by atoms with van der Waals surface area (Å²) in [7, 11) is 5.19. The average molecular weight is 409 g/mol. The first-order valence-corrected chi connectivity index (χ1v) is 9.97. The molecule has 3 rings (SSSR count). The zero-order valence-corrected chi connectivity index (χ0v) is 17.7. The van der Waals surface area contributed by atoms with Crippen molar-refractivity contribution in [3.8, 4) is 17.6 Å². The van der Waals surface area contributed by atoms with E-state index in [1.54, 1.807) is 27.4 Å². The van der Waals surface area contributed by atoms with Crippen LogP contribution in [0.1, 0.15) is 25.3 Å². The molecule has 8 heteroatoms. The van der Waals surface area contributed by atoms with Crippen LogP contribution in [0.5, 0.6) is 5.75 Å². The van der Waals surface area contributed by atoms with Crippen molar-refractivity contribution in [2.45, 2.75) is 31.8 Å². The SMILES string of the molecule is CNc1ncc(C#CC2CC(NC(=O)[C@H](C)NC)C2)c(Nc2ccc(OC)cc2)n1. The van der Waals surface area contributed by atoms with Gasteiger partial charge >= 0.3 is 0 Å². The predicted octanol–water partition coefficient (Wildman–Crippen LogP) is 2.12. The highest BCUT2D eigenvalue weighted by Gasteiger charge is 2.29. The highest BCUT2D eigenvalue weighted by molar-refractivity contribution is 5.81. The number of benzene rings is 1. The lowest BCUT2D eigenvalue weighted by Gasteiger charge is -2.33. The number of rotatable bonds is 7. The van der Waals surface area contributed by atoms with Gasteiger partial charge in [-0.15, -0.1) is 0 Å². The monoisotopic (exact) mass is 408 g/mol. The number of nitrogens with zero attached hydrogens (tertiary/aromatic N) is 2. The van der Waals surface area contributed by atoms with Crippen LogP contribution in [0.15, 0.2) is 30.5 Å². The first-order valence-electron chi connectivity index (χ1n) is 9.97. The molecule has 4 N–H and O–H groups in total. The molecule has 1 aromatic carbocycles. The zero-order chi connectivity index (χ0) is 21.5. The maximum Gasteiger partial charge on any atom is 0.237 e. The summed E-state index contributed by atoms with van der Waals surface area (Å²) in [6.45, 7) is 1.84.